The van der Waals surface area contributed by atoms with Gasteiger partial charge in [-0.1, -0.05) is 36.4 Å². The van der Waals surface area contributed by atoms with E-state index >= 15 is 0 Å². The van der Waals surface area contributed by atoms with E-state index in [1.54, 1.807) is 52.0 Å². The van der Waals surface area contributed by atoms with Crippen molar-refractivity contribution in [2.75, 3.05) is 5.32 Å². The zero-order chi connectivity index (χ0) is 23.8. The van der Waals surface area contributed by atoms with Crippen LogP contribution in [0.1, 0.15) is 26.3 Å². The van der Waals surface area contributed by atoms with Crippen LogP contribution in [0.25, 0.3) is 22.0 Å². The summed E-state index contributed by atoms with van der Waals surface area (Å²) in [7, 11) is -3.73. The van der Waals surface area contributed by atoms with Crippen LogP contribution in [0, 0.1) is 12.7 Å². The molecule has 1 heterocycles. The van der Waals surface area contributed by atoms with Crippen molar-refractivity contribution in [3.63, 3.8) is 0 Å². The van der Waals surface area contributed by atoms with Gasteiger partial charge in [0.1, 0.15) is 11.5 Å². The number of hydrogen-bond donors (Lipinski definition) is 2. The molecule has 0 unspecified atom stereocenters. The van der Waals surface area contributed by atoms with E-state index in [9.17, 15) is 12.8 Å². The average molecular weight is 465 g/mol. The molecule has 0 bridgehead atoms. The number of rotatable bonds is 5. The van der Waals surface area contributed by atoms with Crippen molar-refractivity contribution in [1.29, 1.82) is 0 Å². The molecule has 1 aromatic heterocycles. The van der Waals surface area contributed by atoms with Gasteiger partial charge >= 0.3 is 0 Å². The van der Waals surface area contributed by atoms with Crippen molar-refractivity contribution in [1.82, 2.24) is 14.9 Å². The zero-order valence-corrected chi connectivity index (χ0v) is 19.7. The molecule has 4 aromatic rings. The molecule has 3 aromatic carbocycles. The van der Waals surface area contributed by atoms with Gasteiger partial charge in [0, 0.05) is 27.6 Å². The van der Waals surface area contributed by atoms with E-state index in [1.165, 1.54) is 12.1 Å². The second-order valence-corrected chi connectivity index (χ2v) is 10.6. The van der Waals surface area contributed by atoms with E-state index < -0.39 is 15.6 Å². The van der Waals surface area contributed by atoms with Gasteiger partial charge in [-0.15, -0.1) is 10.2 Å². The molecule has 0 saturated carbocycles. The van der Waals surface area contributed by atoms with Crippen molar-refractivity contribution in [3.8, 4) is 11.3 Å². The molecule has 0 aliphatic rings. The summed E-state index contributed by atoms with van der Waals surface area (Å²) in [5, 5.41) is 13.6. The molecule has 0 amide bonds. The minimum Gasteiger partial charge on any atom is -0.338 e. The van der Waals surface area contributed by atoms with Crippen molar-refractivity contribution >= 4 is 32.3 Å². The first-order chi connectivity index (χ1) is 15.5. The van der Waals surface area contributed by atoms with Gasteiger partial charge in [0.05, 0.1) is 4.90 Å². The van der Waals surface area contributed by atoms with Crippen LogP contribution in [-0.4, -0.2) is 24.2 Å². The zero-order valence-electron chi connectivity index (χ0n) is 18.8. The average Bonchev–Trinajstić information content (AvgIpc) is 2.74. The van der Waals surface area contributed by atoms with Gasteiger partial charge in [-0.25, -0.2) is 17.5 Å². The number of hydrogen-bond acceptors (Lipinski definition) is 5. The number of aromatic nitrogens is 2. The minimum absolute atomic E-state index is 0.203. The Kier molecular flexibility index (Phi) is 5.90. The third-order valence-electron chi connectivity index (χ3n) is 4.99. The Bertz CT molecular complexity index is 1430. The quantitative estimate of drug-likeness (QED) is 0.404. The highest BCUT2D eigenvalue weighted by Crippen LogP contribution is 2.33. The number of fused-ring (bicyclic) bond motifs is 1. The maximum Gasteiger partial charge on any atom is 0.241 e. The van der Waals surface area contributed by atoms with Crippen molar-refractivity contribution < 1.29 is 12.8 Å². The fourth-order valence-electron chi connectivity index (χ4n) is 3.57. The van der Waals surface area contributed by atoms with Gasteiger partial charge in [0.15, 0.2) is 5.82 Å². The lowest BCUT2D eigenvalue weighted by atomic mass is 10.0. The fraction of sp³-hybridized carbons (Fsp3) is 0.200. The third-order valence-corrected chi connectivity index (χ3v) is 6.89. The number of halogens is 1. The summed E-state index contributed by atoms with van der Waals surface area (Å²) in [5.41, 5.74) is 1.93. The lowest BCUT2D eigenvalue weighted by Gasteiger charge is -2.21. The second kappa shape index (κ2) is 8.53. The Morgan fingerprint density at radius 2 is 1.55 bits per heavy atom. The Hall–Kier alpha value is -3.36. The first-order valence-corrected chi connectivity index (χ1v) is 11.9. The molecule has 0 fully saturated rings. The molecule has 33 heavy (non-hydrogen) atoms. The minimum atomic E-state index is -3.73. The van der Waals surface area contributed by atoms with Crippen LogP contribution in [-0.2, 0) is 10.0 Å². The highest BCUT2D eigenvalue weighted by Gasteiger charge is 2.24. The lowest BCUT2D eigenvalue weighted by Crippen LogP contribution is -2.40. The molecule has 4 rings (SSSR count). The molecule has 170 valence electrons. The van der Waals surface area contributed by atoms with Crippen molar-refractivity contribution in [2.45, 2.75) is 38.1 Å². The molecule has 8 heteroatoms. The molecule has 0 saturated heterocycles. The fourth-order valence-corrected chi connectivity index (χ4v) is 5.26. The number of nitrogens with zero attached hydrogens (tertiary/aromatic N) is 2. The molecular formula is C25H25FN4O2S. The number of aryl methyl sites for hydroxylation is 1. The van der Waals surface area contributed by atoms with Crippen LogP contribution in [0.2, 0.25) is 0 Å². The van der Waals surface area contributed by atoms with Gasteiger partial charge in [-0.05, 0) is 63.6 Å². The molecule has 0 spiro atoms. The highest BCUT2D eigenvalue weighted by atomic mass is 32.2. The van der Waals surface area contributed by atoms with Gasteiger partial charge in [-0.2, -0.15) is 0 Å². The Balaban J connectivity index is 1.81. The van der Waals surface area contributed by atoms with Crippen molar-refractivity contribution in [2.24, 2.45) is 0 Å². The predicted octanol–water partition coefficient (Wildman–Crippen LogP) is 5.56. The van der Waals surface area contributed by atoms with Gasteiger partial charge in [0.2, 0.25) is 10.0 Å². The summed E-state index contributed by atoms with van der Waals surface area (Å²) < 4.78 is 42.0. The SMILES string of the molecule is Cc1ccc(-c2nnc(Nc3ccc(F)cc3)c3ccccc23)cc1S(=O)(=O)NC(C)(C)C. The number of benzene rings is 3. The standard InChI is InChI=1S/C25H25FN4O2S/c1-16-9-10-17(15-22(16)33(31,32)30-25(2,3)4)23-20-7-5-6-8-21(20)24(29-28-23)27-19-13-11-18(26)12-14-19/h5-15,30H,1-4H3,(H,27,29). The van der Waals surface area contributed by atoms with Crippen LogP contribution in [0.15, 0.2) is 71.6 Å². The molecular weight excluding hydrogens is 439 g/mol. The molecule has 2 N–H and O–H groups in total. The smallest absolute Gasteiger partial charge is 0.241 e. The van der Waals surface area contributed by atoms with Crippen LogP contribution < -0.4 is 10.0 Å². The van der Waals surface area contributed by atoms with Crippen LogP contribution in [0.5, 0.6) is 0 Å². The van der Waals surface area contributed by atoms with Crippen LogP contribution in [0.4, 0.5) is 15.9 Å². The Labute approximate surface area is 192 Å². The first kappa shape index (κ1) is 22.8. The number of nitrogens with one attached hydrogen (secondary N) is 2. The maximum absolute atomic E-state index is 13.3. The summed E-state index contributed by atoms with van der Waals surface area (Å²) in [6, 6.07) is 18.8. The summed E-state index contributed by atoms with van der Waals surface area (Å²) in [6.45, 7) is 7.17. The van der Waals surface area contributed by atoms with E-state index in [0.717, 1.165) is 10.8 Å². The monoisotopic (exact) mass is 464 g/mol. The third kappa shape index (κ3) is 5.02. The van der Waals surface area contributed by atoms with Gasteiger partial charge in [-0.3, -0.25) is 0 Å². The van der Waals surface area contributed by atoms with E-state index in [-0.39, 0.29) is 10.7 Å². The predicted molar refractivity (Wildman–Crippen MR) is 129 cm³/mol. The molecule has 6 nitrogen and oxygen atoms in total. The summed E-state index contributed by atoms with van der Waals surface area (Å²) in [4.78, 5) is 0.203. The van der Waals surface area contributed by atoms with E-state index in [1.807, 2.05) is 30.3 Å². The summed E-state index contributed by atoms with van der Waals surface area (Å²) >= 11 is 0. The molecule has 0 atom stereocenters. The van der Waals surface area contributed by atoms with E-state index in [0.29, 0.717) is 28.3 Å². The number of sulfonamides is 1. The molecule has 0 aliphatic heterocycles. The highest BCUT2D eigenvalue weighted by molar-refractivity contribution is 7.89. The Morgan fingerprint density at radius 1 is 0.879 bits per heavy atom. The first-order valence-electron chi connectivity index (χ1n) is 10.5. The molecule has 0 radical (unpaired) electrons. The van der Waals surface area contributed by atoms with Crippen LogP contribution >= 0.6 is 0 Å². The number of anilines is 2. The summed E-state index contributed by atoms with van der Waals surface area (Å²) in [5.74, 6) is 0.202. The van der Waals surface area contributed by atoms with Crippen LogP contribution in [0.3, 0.4) is 0 Å². The normalized spacial score (nSPS) is 12.2. The summed E-state index contributed by atoms with van der Waals surface area (Å²) in [6.07, 6.45) is 0. The van der Waals surface area contributed by atoms with Gasteiger partial charge < -0.3 is 5.32 Å². The second-order valence-electron chi connectivity index (χ2n) is 8.91. The lowest BCUT2D eigenvalue weighted by molar-refractivity contribution is 0.491. The maximum atomic E-state index is 13.3. The topological polar surface area (TPSA) is 84.0 Å². The Morgan fingerprint density at radius 3 is 2.21 bits per heavy atom. The van der Waals surface area contributed by atoms with E-state index in [4.69, 9.17) is 0 Å². The van der Waals surface area contributed by atoms with Crippen molar-refractivity contribution in [3.05, 3.63) is 78.1 Å². The largest absolute Gasteiger partial charge is 0.338 e. The molecule has 0 aliphatic carbocycles. The van der Waals surface area contributed by atoms with Gasteiger partial charge in [0.25, 0.3) is 0 Å². The van der Waals surface area contributed by atoms with E-state index in [2.05, 4.69) is 20.2 Å².